The number of carboxylic acids is 1. The maximum atomic E-state index is 11.4. The van der Waals surface area contributed by atoms with Crippen LogP contribution in [-0.2, 0) is 33.2 Å². The summed E-state index contributed by atoms with van der Waals surface area (Å²) in [6, 6.07) is 0. The van der Waals surface area contributed by atoms with Gasteiger partial charge in [-0.3, -0.25) is 0 Å². The number of carboxylic acid groups (broad SMARTS) is 1. The van der Waals surface area contributed by atoms with Gasteiger partial charge in [0.15, 0.2) is 25.0 Å². The smallest absolute Gasteiger partial charge is 0.335 e. The van der Waals surface area contributed by atoms with E-state index in [2.05, 4.69) is 0 Å². The van der Waals surface area contributed by atoms with Gasteiger partial charge in [-0.15, -0.1) is 0 Å². The van der Waals surface area contributed by atoms with Crippen molar-refractivity contribution in [3.05, 3.63) is 0 Å². The number of aliphatic carboxylic acids is 1. The van der Waals surface area contributed by atoms with Crippen LogP contribution in [0, 0.1) is 0 Å². The minimum Gasteiger partial charge on any atom is -0.479 e. The molecule has 0 radical (unpaired) electrons. The first-order valence-corrected chi connectivity index (χ1v) is 9.78. The monoisotopic (exact) mass is 472 g/mol. The van der Waals surface area contributed by atoms with Crippen LogP contribution in [-0.4, -0.2) is 147 Å². The Bertz CT molecular complexity index is 635. The molecule has 0 unspecified atom stereocenters. The Balaban J connectivity index is 1.68. The molecule has 3 saturated heterocycles. The molecule has 3 aliphatic heterocycles. The third kappa shape index (κ3) is 5.05. The van der Waals surface area contributed by atoms with Crippen molar-refractivity contribution in [3.63, 3.8) is 0 Å². The molecule has 3 heterocycles. The lowest BCUT2D eigenvalue weighted by atomic mass is 9.98. The fourth-order valence-corrected chi connectivity index (χ4v) is 3.67. The van der Waals surface area contributed by atoms with E-state index in [-0.39, 0.29) is 6.61 Å². The normalized spacial score (nSPS) is 50.2. The Labute approximate surface area is 181 Å². The summed E-state index contributed by atoms with van der Waals surface area (Å²) in [6.45, 7) is -0.750. The number of carbonyl (C=O) groups is 1. The molecule has 0 aromatic carbocycles. The molecular formula is C17H28O15. The largest absolute Gasteiger partial charge is 0.479 e. The first-order chi connectivity index (χ1) is 15.1. The van der Waals surface area contributed by atoms with Gasteiger partial charge in [-0.2, -0.15) is 0 Å². The number of aliphatic hydroxyl groups excluding tert-OH is 7. The summed E-state index contributed by atoms with van der Waals surface area (Å²) < 4.78 is 31.0. The summed E-state index contributed by atoms with van der Waals surface area (Å²) in [7, 11) is 1.11. The molecule has 15 heteroatoms. The number of hydrogen-bond donors (Lipinski definition) is 8. The van der Waals surface area contributed by atoms with Gasteiger partial charge < -0.3 is 69.3 Å². The number of rotatable bonds is 6. The van der Waals surface area contributed by atoms with Crippen LogP contribution >= 0.6 is 0 Å². The van der Waals surface area contributed by atoms with Gasteiger partial charge in [0.25, 0.3) is 0 Å². The molecular weight excluding hydrogens is 444 g/mol. The van der Waals surface area contributed by atoms with E-state index in [1.807, 2.05) is 0 Å². The van der Waals surface area contributed by atoms with Gasteiger partial charge in [-0.05, 0) is 0 Å². The molecule has 0 amide bonds. The van der Waals surface area contributed by atoms with Crippen LogP contribution in [0.15, 0.2) is 0 Å². The van der Waals surface area contributed by atoms with Gasteiger partial charge in [0.2, 0.25) is 0 Å². The van der Waals surface area contributed by atoms with Crippen molar-refractivity contribution in [1.82, 2.24) is 0 Å². The Hall–Kier alpha value is -1.05. The second-order valence-electron chi connectivity index (χ2n) is 7.68. The van der Waals surface area contributed by atoms with Crippen LogP contribution in [0.2, 0.25) is 0 Å². The molecule has 0 aliphatic carbocycles. The molecule has 3 rings (SSSR count). The molecule has 3 fully saturated rings. The van der Waals surface area contributed by atoms with Crippen molar-refractivity contribution in [2.45, 2.75) is 79.9 Å². The topological polar surface area (TPSA) is 234 Å². The van der Waals surface area contributed by atoms with Gasteiger partial charge in [-0.1, -0.05) is 0 Å². The zero-order valence-corrected chi connectivity index (χ0v) is 16.9. The summed E-state index contributed by atoms with van der Waals surface area (Å²) in [5, 5.41) is 79.6. The number of ether oxygens (including phenoxy) is 6. The molecule has 13 atom stereocenters. The number of methoxy groups -OCH3 is 1. The zero-order valence-electron chi connectivity index (χ0n) is 16.9. The highest BCUT2D eigenvalue weighted by Gasteiger charge is 2.52. The molecule has 0 aromatic rings. The molecule has 0 spiro atoms. The maximum absolute atomic E-state index is 11.4. The van der Waals surface area contributed by atoms with Gasteiger partial charge in [0.05, 0.1) is 13.2 Å². The van der Waals surface area contributed by atoms with Crippen molar-refractivity contribution >= 4 is 5.97 Å². The summed E-state index contributed by atoms with van der Waals surface area (Å²) in [4.78, 5) is 11.4. The highest BCUT2D eigenvalue weighted by molar-refractivity contribution is 5.73. The van der Waals surface area contributed by atoms with Gasteiger partial charge in [0.1, 0.15) is 54.9 Å². The molecule has 186 valence electrons. The number of aliphatic hydroxyl groups is 7. The lowest BCUT2D eigenvalue weighted by Crippen LogP contribution is -2.64. The molecule has 0 bridgehead atoms. The molecule has 32 heavy (non-hydrogen) atoms. The van der Waals surface area contributed by atoms with E-state index < -0.39 is 92.5 Å². The molecule has 3 aliphatic rings. The first kappa shape index (κ1) is 25.6. The Morgan fingerprint density at radius 1 is 0.781 bits per heavy atom. The van der Waals surface area contributed by atoms with E-state index in [1.54, 1.807) is 0 Å². The predicted octanol–water partition coefficient (Wildman–Crippen LogP) is -5.55. The minimum absolute atomic E-state index is 0.355. The van der Waals surface area contributed by atoms with E-state index in [0.29, 0.717) is 0 Å². The summed E-state index contributed by atoms with van der Waals surface area (Å²) in [5.74, 6) is -1.51. The average Bonchev–Trinajstić information content (AvgIpc) is 2.75. The van der Waals surface area contributed by atoms with Crippen molar-refractivity contribution in [2.75, 3.05) is 20.3 Å². The average molecular weight is 472 g/mol. The molecule has 0 saturated carbocycles. The fraction of sp³-hybridized carbons (Fsp3) is 0.941. The highest BCUT2D eigenvalue weighted by Crippen LogP contribution is 2.29. The van der Waals surface area contributed by atoms with Crippen LogP contribution in [0.25, 0.3) is 0 Å². The molecule has 0 aromatic heterocycles. The van der Waals surface area contributed by atoms with E-state index in [4.69, 9.17) is 28.4 Å². The van der Waals surface area contributed by atoms with Crippen LogP contribution < -0.4 is 0 Å². The quantitative estimate of drug-likeness (QED) is 0.180. The lowest BCUT2D eigenvalue weighted by molar-refractivity contribution is -0.363. The van der Waals surface area contributed by atoms with Gasteiger partial charge >= 0.3 is 5.97 Å². The molecule has 15 nitrogen and oxygen atoms in total. The minimum atomic E-state index is -1.81. The lowest BCUT2D eigenvalue weighted by Gasteiger charge is -2.45. The summed E-state index contributed by atoms with van der Waals surface area (Å²) >= 11 is 0. The Morgan fingerprint density at radius 2 is 1.44 bits per heavy atom. The van der Waals surface area contributed by atoms with Crippen molar-refractivity contribution < 1.29 is 74.1 Å². The van der Waals surface area contributed by atoms with E-state index in [1.165, 1.54) is 0 Å². The highest BCUT2D eigenvalue weighted by atomic mass is 16.7. The molecule has 8 N–H and O–H groups in total. The van der Waals surface area contributed by atoms with Gasteiger partial charge in [0, 0.05) is 7.11 Å². The summed E-state index contributed by atoms with van der Waals surface area (Å²) in [6.07, 6.45) is -20.9. The van der Waals surface area contributed by atoms with Crippen LogP contribution in [0.3, 0.4) is 0 Å². The van der Waals surface area contributed by atoms with Crippen LogP contribution in [0.4, 0.5) is 0 Å². The number of hydrogen-bond acceptors (Lipinski definition) is 14. The third-order valence-corrected chi connectivity index (χ3v) is 5.54. The zero-order chi connectivity index (χ0) is 23.7. The summed E-state index contributed by atoms with van der Waals surface area (Å²) in [5.41, 5.74) is 0. The Kier molecular flexibility index (Phi) is 8.37. The van der Waals surface area contributed by atoms with E-state index >= 15 is 0 Å². The SMILES string of the molecule is CO[C@H]1[C@H](O)[C@@H](O)[C@H](O[C@@H]2[C@@H](O)[C@H](O[C@@H]3OC[C@@H](O)[C@H](O)[C@H]3O)CO[C@H]2O)O[C@@H]1C(=O)O. The second kappa shape index (κ2) is 10.5. The van der Waals surface area contributed by atoms with Crippen LogP contribution in [0.5, 0.6) is 0 Å². The van der Waals surface area contributed by atoms with Crippen molar-refractivity contribution in [3.8, 4) is 0 Å². The van der Waals surface area contributed by atoms with E-state index in [0.717, 1.165) is 7.11 Å². The van der Waals surface area contributed by atoms with Crippen molar-refractivity contribution in [1.29, 1.82) is 0 Å². The first-order valence-electron chi connectivity index (χ1n) is 9.78. The predicted molar refractivity (Wildman–Crippen MR) is 94.6 cm³/mol. The Morgan fingerprint density at radius 3 is 2.06 bits per heavy atom. The standard InChI is InChI=1S/C17H28O15/c1-27-11-8(21)10(23)17(32-13(11)14(24)25)31-12-7(20)5(3-28-15(12)26)30-16-9(22)6(19)4(18)2-29-16/h4-13,15-23,26H,2-3H2,1H3,(H,24,25)/t4-,5-,6+,7+,8-,9-,10-,11+,12-,13+,15-,16+,17-/m1/s1. The van der Waals surface area contributed by atoms with Crippen LogP contribution in [0.1, 0.15) is 0 Å². The fourth-order valence-electron chi connectivity index (χ4n) is 3.67. The van der Waals surface area contributed by atoms with Gasteiger partial charge in [-0.25, -0.2) is 4.79 Å². The van der Waals surface area contributed by atoms with E-state index in [9.17, 15) is 45.6 Å². The second-order valence-corrected chi connectivity index (χ2v) is 7.68. The maximum Gasteiger partial charge on any atom is 0.335 e. The van der Waals surface area contributed by atoms with Crippen molar-refractivity contribution in [2.24, 2.45) is 0 Å². The third-order valence-electron chi connectivity index (χ3n) is 5.54.